The van der Waals surface area contributed by atoms with Gasteiger partial charge in [-0.2, -0.15) is 0 Å². The fourth-order valence-electron chi connectivity index (χ4n) is 1.71. The van der Waals surface area contributed by atoms with Crippen molar-refractivity contribution >= 4 is 34.0 Å². The zero-order valence-corrected chi connectivity index (χ0v) is 10.2. The Labute approximate surface area is 96.8 Å². The maximum atomic E-state index is 13.1. The van der Waals surface area contributed by atoms with Gasteiger partial charge in [0.2, 0.25) is 0 Å². The maximum Gasteiger partial charge on any atom is 0.125 e. The van der Waals surface area contributed by atoms with Crippen LogP contribution in [-0.2, 0) is 0 Å². The molecule has 0 spiro atoms. The Kier molecular flexibility index (Phi) is 2.80. The van der Waals surface area contributed by atoms with E-state index in [-0.39, 0.29) is 5.82 Å². The molecule has 1 aliphatic rings. The summed E-state index contributed by atoms with van der Waals surface area (Å²) in [4.78, 5) is 4.36. The summed E-state index contributed by atoms with van der Waals surface area (Å²) in [5.74, 6) is -0.161. The number of benzene rings is 1. The molecule has 0 fully saturated rings. The van der Waals surface area contributed by atoms with Crippen molar-refractivity contribution in [3.05, 3.63) is 24.0 Å². The molecule has 0 N–H and O–H groups in total. The summed E-state index contributed by atoms with van der Waals surface area (Å²) in [7, 11) is 2.00. The van der Waals surface area contributed by atoms with E-state index in [9.17, 15) is 4.39 Å². The monoisotopic (exact) mass is 306 g/mol. The standard InChI is InChI=1S/C10H12FIN2/c1-13-4-5-14(7-12)9-3-2-8(11)6-10(9)13/h2-3,6H,4-5,7H2,1H3. The van der Waals surface area contributed by atoms with Gasteiger partial charge in [-0.1, -0.05) is 22.6 Å². The van der Waals surface area contributed by atoms with Crippen molar-refractivity contribution in [2.75, 3.05) is 34.5 Å². The molecule has 1 heterocycles. The van der Waals surface area contributed by atoms with Crippen LogP contribution in [0, 0.1) is 5.82 Å². The zero-order valence-electron chi connectivity index (χ0n) is 8.00. The number of alkyl halides is 1. The van der Waals surface area contributed by atoms with Gasteiger partial charge in [0.1, 0.15) is 5.82 Å². The molecule has 0 aromatic heterocycles. The van der Waals surface area contributed by atoms with Crippen LogP contribution < -0.4 is 9.80 Å². The summed E-state index contributed by atoms with van der Waals surface area (Å²) in [5, 5.41) is 0. The lowest BCUT2D eigenvalue weighted by Crippen LogP contribution is -2.38. The van der Waals surface area contributed by atoms with E-state index in [0.717, 1.165) is 29.0 Å². The van der Waals surface area contributed by atoms with Crippen LogP contribution in [0.5, 0.6) is 0 Å². The predicted molar refractivity (Wildman–Crippen MR) is 65.9 cm³/mol. The van der Waals surface area contributed by atoms with Crippen LogP contribution in [0.25, 0.3) is 0 Å². The van der Waals surface area contributed by atoms with Crippen LogP contribution in [0.2, 0.25) is 0 Å². The van der Waals surface area contributed by atoms with Crippen molar-refractivity contribution in [1.82, 2.24) is 0 Å². The minimum atomic E-state index is -0.161. The molecular weight excluding hydrogens is 294 g/mol. The summed E-state index contributed by atoms with van der Waals surface area (Å²) < 4.78 is 14.0. The van der Waals surface area contributed by atoms with Crippen LogP contribution in [-0.4, -0.2) is 24.7 Å². The molecule has 0 unspecified atom stereocenters. The molecule has 0 saturated heterocycles. The van der Waals surface area contributed by atoms with Gasteiger partial charge in [-0.15, -0.1) is 0 Å². The molecule has 1 aromatic rings. The van der Waals surface area contributed by atoms with Gasteiger partial charge in [-0.3, -0.25) is 0 Å². The number of hydrogen-bond acceptors (Lipinski definition) is 2. The van der Waals surface area contributed by atoms with Crippen LogP contribution in [0.4, 0.5) is 15.8 Å². The van der Waals surface area contributed by atoms with Gasteiger partial charge in [0, 0.05) is 20.1 Å². The Morgan fingerprint density at radius 2 is 2.14 bits per heavy atom. The van der Waals surface area contributed by atoms with Gasteiger partial charge in [-0.05, 0) is 18.2 Å². The van der Waals surface area contributed by atoms with Crippen molar-refractivity contribution in [3.63, 3.8) is 0 Å². The first-order valence-electron chi connectivity index (χ1n) is 4.54. The molecule has 0 aliphatic carbocycles. The lowest BCUT2D eigenvalue weighted by Gasteiger charge is -2.35. The molecule has 1 aliphatic heterocycles. The Morgan fingerprint density at radius 3 is 2.86 bits per heavy atom. The van der Waals surface area contributed by atoms with Gasteiger partial charge < -0.3 is 9.80 Å². The molecule has 76 valence electrons. The minimum absolute atomic E-state index is 0.161. The first-order valence-corrected chi connectivity index (χ1v) is 6.06. The van der Waals surface area contributed by atoms with E-state index in [2.05, 4.69) is 32.4 Å². The van der Waals surface area contributed by atoms with Crippen molar-refractivity contribution in [2.24, 2.45) is 0 Å². The molecule has 4 heteroatoms. The summed E-state index contributed by atoms with van der Waals surface area (Å²) in [6, 6.07) is 4.99. The third kappa shape index (κ3) is 1.67. The summed E-state index contributed by atoms with van der Waals surface area (Å²) in [6.07, 6.45) is 0. The number of anilines is 2. The van der Waals surface area contributed by atoms with E-state index in [1.54, 1.807) is 6.07 Å². The second-order valence-corrected chi connectivity index (χ2v) is 4.12. The number of fused-ring (bicyclic) bond motifs is 1. The number of nitrogens with zero attached hydrogens (tertiary/aromatic N) is 2. The third-order valence-corrected chi connectivity index (χ3v) is 3.36. The molecule has 0 bridgehead atoms. The van der Waals surface area contributed by atoms with Crippen LogP contribution in [0.15, 0.2) is 18.2 Å². The second-order valence-electron chi connectivity index (χ2n) is 3.44. The lowest BCUT2D eigenvalue weighted by molar-refractivity contribution is 0.625. The Balaban J connectivity index is 2.45. The molecule has 0 radical (unpaired) electrons. The third-order valence-electron chi connectivity index (χ3n) is 2.54. The van der Waals surface area contributed by atoms with E-state index in [4.69, 9.17) is 0 Å². The number of rotatable bonds is 1. The smallest absolute Gasteiger partial charge is 0.125 e. The molecular formula is C10H12FIN2. The molecule has 14 heavy (non-hydrogen) atoms. The number of halogens is 2. The average molecular weight is 306 g/mol. The second kappa shape index (κ2) is 3.92. The Morgan fingerprint density at radius 1 is 1.36 bits per heavy atom. The normalized spacial score (nSPS) is 15.6. The van der Waals surface area contributed by atoms with E-state index in [0.29, 0.717) is 0 Å². The highest BCUT2D eigenvalue weighted by Crippen LogP contribution is 2.32. The van der Waals surface area contributed by atoms with E-state index in [1.807, 2.05) is 13.1 Å². The lowest BCUT2D eigenvalue weighted by atomic mass is 10.2. The molecule has 2 nitrogen and oxygen atoms in total. The first-order chi connectivity index (χ1) is 6.72. The van der Waals surface area contributed by atoms with Crippen molar-refractivity contribution < 1.29 is 4.39 Å². The molecule has 0 amide bonds. The first kappa shape index (κ1) is 10.0. The van der Waals surface area contributed by atoms with Crippen LogP contribution >= 0.6 is 22.6 Å². The van der Waals surface area contributed by atoms with Crippen LogP contribution in [0.3, 0.4) is 0 Å². The van der Waals surface area contributed by atoms with Gasteiger partial charge >= 0.3 is 0 Å². The quantitative estimate of drug-likeness (QED) is 0.447. The SMILES string of the molecule is CN1CCN(CI)c2ccc(F)cc21. The van der Waals surface area contributed by atoms with Crippen molar-refractivity contribution in [2.45, 2.75) is 0 Å². The Bertz CT molecular complexity index is 343. The molecule has 0 atom stereocenters. The minimum Gasteiger partial charge on any atom is -0.371 e. The highest BCUT2D eigenvalue weighted by Gasteiger charge is 2.19. The predicted octanol–water partition coefficient (Wildman–Crippen LogP) is 2.47. The van der Waals surface area contributed by atoms with Gasteiger partial charge in [-0.25, -0.2) is 4.39 Å². The number of likely N-dealkylation sites (N-methyl/N-ethyl adjacent to an activating group) is 1. The van der Waals surface area contributed by atoms with Crippen molar-refractivity contribution in [3.8, 4) is 0 Å². The average Bonchev–Trinajstić information content (AvgIpc) is 2.19. The topological polar surface area (TPSA) is 6.48 Å². The van der Waals surface area contributed by atoms with Gasteiger partial charge in [0.05, 0.1) is 15.9 Å². The molecule has 2 rings (SSSR count). The van der Waals surface area contributed by atoms with E-state index >= 15 is 0 Å². The zero-order chi connectivity index (χ0) is 10.1. The highest BCUT2D eigenvalue weighted by atomic mass is 127. The fourth-order valence-corrected chi connectivity index (χ4v) is 2.41. The molecule has 0 saturated carbocycles. The Hall–Kier alpha value is -0.520. The molecule has 1 aromatic carbocycles. The van der Waals surface area contributed by atoms with Gasteiger partial charge in [0.15, 0.2) is 0 Å². The summed E-state index contributed by atoms with van der Waals surface area (Å²) in [6.45, 7) is 1.97. The van der Waals surface area contributed by atoms with Gasteiger partial charge in [0.25, 0.3) is 0 Å². The van der Waals surface area contributed by atoms with E-state index in [1.165, 1.54) is 6.07 Å². The fraction of sp³-hybridized carbons (Fsp3) is 0.400. The largest absolute Gasteiger partial charge is 0.371 e. The van der Waals surface area contributed by atoms with Crippen molar-refractivity contribution in [1.29, 1.82) is 0 Å². The summed E-state index contributed by atoms with van der Waals surface area (Å²) >= 11 is 2.33. The summed E-state index contributed by atoms with van der Waals surface area (Å²) in [5.41, 5.74) is 2.13. The van der Waals surface area contributed by atoms with E-state index < -0.39 is 0 Å². The number of hydrogen-bond donors (Lipinski definition) is 0. The van der Waals surface area contributed by atoms with Crippen LogP contribution in [0.1, 0.15) is 0 Å². The maximum absolute atomic E-state index is 13.1. The highest BCUT2D eigenvalue weighted by molar-refractivity contribution is 14.1.